The van der Waals surface area contributed by atoms with Crippen LogP contribution < -0.4 is 0 Å². The third-order valence-electron chi connectivity index (χ3n) is 1.46. The smallest absolute Gasteiger partial charge is 0.0991 e. The van der Waals surface area contributed by atoms with Gasteiger partial charge in [0.15, 0.2) is 0 Å². The van der Waals surface area contributed by atoms with E-state index in [-0.39, 0.29) is 0 Å². The summed E-state index contributed by atoms with van der Waals surface area (Å²) in [6.45, 7) is 3.57. The summed E-state index contributed by atoms with van der Waals surface area (Å²) in [6.07, 6.45) is 5.52. The molecule has 0 radical (unpaired) electrons. The maximum Gasteiger partial charge on any atom is 0.0991 e. The zero-order valence-corrected chi connectivity index (χ0v) is 6.70. The number of hydrogen-bond donors (Lipinski definition) is 0. The molecule has 0 atom stereocenters. The van der Waals surface area contributed by atoms with E-state index in [1.807, 2.05) is 24.3 Å². The van der Waals surface area contributed by atoms with Gasteiger partial charge in [0.05, 0.1) is 11.6 Å². The van der Waals surface area contributed by atoms with Gasteiger partial charge in [0.25, 0.3) is 0 Å². The lowest BCUT2D eigenvalue weighted by atomic mass is 10.1. The predicted molar refractivity (Wildman–Crippen MR) is 50.4 cm³/mol. The quantitative estimate of drug-likeness (QED) is 0.602. The minimum Gasteiger partial charge on any atom is -0.192 e. The molecule has 0 unspecified atom stereocenters. The number of hydrogen-bond acceptors (Lipinski definition) is 1. The Hall–Kier alpha value is -1.81. The molecule has 0 saturated carbocycles. The summed E-state index contributed by atoms with van der Waals surface area (Å²) in [7, 11) is 0. The first-order chi connectivity index (χ1) is 5.86. The van der Waals surface area contributed by atoms with Crippen LogP contribution in [0.4, 0.5) is 0 Å². The SMILES string of the molecule is C=C/C=C/c1ccc(C#N)cc1. The van der Waals surface area contributed by atoms with Crippen molar-refractivity contribution in [2.24, 2.45) is 0 Å². The minimum atomic E-state index is 0.686. The van der Waals surface area contributed by atoms with Gasteiger partial charge in [-0.2, -0.15) is 5.26 Å². The third kappa shape index (κ3) is 2.10. The van der Waals surface area contributed by atoms with Crippen molar-refractivity contribution in [2.75, 3.05) is 0 Å². The van der Waals surface area contributed by atoms with Gasteiger partial charge in [-0.05, 0) is 17.7 Å². The monoisotopic (exact) mass is 155 g/mol. The predicted octanol–water partition coefficient (Wildman–Crippen LogP) is 2.76. The van der Waals surface area contributed by atoms with Crippen LogP contribution in [0.2, 0.25) is 0 Å². The Balaban J connectivity index is 2.86. The summed E-state index contributed by atoms with van der Waals surface area (Å²) in [6, 6.07) is 9.46. The van der Waals surface area contributed by atoms with Crippen molar-refractivity contribution in [3.63, 3.8) is 0 Å². The van der Waals surface area contributed by atoms with Crippen molar-refractivity contribution in [3.05, 3.63) is 54.1 Å². The highest BCUT2D eigenvalue weighted by Gasteiger charge is 1.87. The first-order valence-corrected chi connectivity index (χ1v) is 3.66. The Morgan fingerprint density at radius 3 is 2.42 bits per heavy atom. The number of rotatable bonds is 2. The highest BCUT2D eigenvalue weighted by atomic mass is 14.2. The second-order valence-corrected chi connectivity index (χ2v) is 2.33. The Kier molecular flexibility index (Phi) is 2.87. The van der Waals surface area contributed by atoms with Crippen LogP contribution in [-0.4, -0.2) is 0 Å². The molecular formula is C11H9N. The number of nitriles is 1. The summed E-state index contributed by atoms with van der Waals surface area (Å²) in [5, 5.41) is 8.52. The fourth-order valence-electron chi connectivity index (χ4n) is 0.848. The summed E-state index contributed by atoms with van der Waals surface area (Å²) in [5.74, 6) is 0. The van der Waals surface area contributed by atoms with Gasteiger partial charge in [0.2, 0.25) is 0 Å². The van der Waals surface area contributed by atoms with Crippen molar-refractivity contribution in [2.45, 2.75) is 0 Å². The van der Waals surface area contributed by atoms with Gasteiger partial charge < -0.3 is 0 Å². The van der Waals surface area contributed by atoms with Gasteiger partial charge in [-0.15, -0.1) is 0 Å². The zero-order chi connectivity index (χ0) is 8.81. The van der Waals surface area contributed by atoms with E-state index in [0.717, 1.165) is 5.56 Å². The summed E-state index contributed by atoms with van der Waals surface area (Å²) >= 11 is 0. The second-order valence-electron chi connectivity index (χ2n) is 2.33. The average Bonchev–Trinajstić information content (AvgIpc) is 2.15. The molecule has 1 aromatic rings. The van der Waals surface area contributed by atoms with Gasteiger partial charge in [-0.1, -0.05) is 36.9 Å². The molecule has 0 N–H and O–H groups in total. The molecule has 0 bridgehead atoms. The van der Waals surface area contributed by atoms with E-state index in [0.29, 0.717) is 5.56 Å². The molecule has 0 amide bonds. The van der Waals surface area contributed by atoms with Crippen LogP contribution in [0.25, 0.3) is 6.08 Å². The van der Waals surface area contributed by atoms with Gasteiger partial charge >= 0.3 is 0 Å². The molecule has 0 aliphatic carbocycles. The van der Waals surface area contributed by atoms with Gasteiger partial charge in [0.1, 0.15) is 0 Å². The molecule has 0 aliphatic heterocycles. The Bertz CT molecular complexity index is 325. The van der Waals surface area contributed by atoms with Crippen LogP contribution >= 0.6 is 0 Å². The van der Waals surface area contributed by atoms with E-state index in [1.165, 1.54) is 0 Å². The van der Waals surface area contributed by atoms with Gasteiger partial charge in [-0.25, -0.2) is 0 Å². The molecule has 12 heavy (non-hydrogen) atoms. The van der Waals surface area contributed by atoms with E-state index in [9.17, 15) is 0 Å². The molecule has 58 valence electrons. The topological polar surface area (TPSA) is 23.8 Å². The minimum absolute atomic E-state index is 0.686. The maximum atomic E-state index is 8.52. The molecule has 0 aliphatic rings. The standard InChI is InChI=1S/C11H9N/c1-2-3-4-10-5-7-11(9-12)8-6-10/h2-8H,1H2/b4-3+. The molecule has 1 aromatic carbocycles. The summed E-state index contributed by atoms with van der Waals surface area (Å²) < 4.78 is 0. The lowest BCUT2D eigenvalue weighted by Gasteiger charge is -1.91. The molecule has 1 nitrogen and oxygen atoms in total. The van der Waals surface area contributed by atoms with Crippen molar-refractivity contribution in [1.29, 1.82) is 5.26 Å². The fourth-order valence-corrected chi connectivity index (χ4v) is 0.848. The molecule has 0 spiro atoms. The number of allylic oxidation sites excluding steroid dienone is 2. The summed E-state index contributed by atoms with van der Waals surface area (Å²) in [5.41, 5.74) is 1.76. The van der Waals surface area contributed by atoms with Crippen LogP contribution in [0, 0.1) is 11.3 Å². The van der Waals surface area contributed by atoms with Crippen molar-refractivity contribution in [3.8, 4) is 6.07 Å². The van der Waals surface area contributed by atoms with Gasteiger partial charge in [0, 0.05) is 0 Å². The van der Waals surface area contributed by atoms with Crippen LogP contribution in [0.15, 0.2) is 43.0 Å². The highest BCUT2D eigenvalue weighted by Crippen LogP contribution is 2.04. The average molecular weight is 155 g/mol. The number of benzene rings is 1. The lowest BCUT2D eigenvalue weighted by molar-refractivity contribution is 1.48. The first kappa shape index (κ1) is 8.29. The van der Waals surface area contributed by atoms with E-state index in [1.54, 1.807) is 18.2 Å². The first-order valence-electron chi connectivity index (χ1n) is 3.66. The van der Waals surface area contributed by atoms with Crippen molar-refractivity contribution < 1.29 is 0 Å². The number of nitrogens with zero attached hydrogens (tertiary/aromatic N) is 1. The molecule has 0 fully saturated rings. The molecule has 0 aromatic heterocycles. The van der Waals surface area contributed by atoms with Crippen LogP contribution in [0.3, 0.4) is 0 Å². The zero-order valence-electron chi connectivity index (χ0n) is 6.70. The Morgan fingerprint density at radius 1 is 1.25 bits per heavy atom. The van der Waals surface area contributed by atoms with Crippen LogP contribution in [-0.2, 0) is 0 Å². The summed E-state index contributed by atoms with van der Waals surface area (Å²) in [4.78, 5) is 0. The molecule has 1 rings (SSSR count). The maximum absolute atomic E-state index is 8.52. The van der Waals surface area contributed by atoms with Crippen molar-refractivity contribution in [1.82, 2.24) is 0 Å². The van der Waals surface area contributed by atoms with Crippen LogP contribution in [0.1, 0.15) is 11.1 Å². The molecule has 0 heterocycles. The largest absolute Gasteiger partial charge is 0.192 e. The third-order valence-corrected chi connectivity index (χ3v) is 1.46. The van der Waals surface area contributed by atoms with E-state index in [4.69, 9.17) is 5.26 Å². The molecule has 0 saturated heterocycles. The van der Waals surface area contributed by atoms with Crippen LogP contribution in [0.5, 0.6) is 0 Å². The Morgan fingerprint density at radius 2 is 1.92 bits per heavy atom. The highest BCUT2D eigenvalue weighted by molar-refractivity contribution is 5.52. The molecular weight excluding hydrogens is 146 g/mol. The fraction of sp³-hybridized carbons (Fsp3) is 0. The second kappa shape index (κ2) is 4.15. The van der Waals surface area contributed by atoms with E-state index >= 15 is 0 Å². The lowest BCUT2D eigenvalue weighted by Crippen LogP contribution is -1.73. The van der Waals surface area contributed by atoms with E-state index in [2.05, 4.69) is 12.6 Å². The van der Waals surface area contributed by atoms with Gasteiger partial charge in [-0.3, -0.25) is 0 Å². The Labute approximate surface area is 72.3 Å². The normalized spacial score (nSPS) is 9.58. The van der Waals surface area contributed by atoms with E-state index < -0.39 is 0 Å². The molecule has 1 heteroatoms. The van der Waals surface area contributed by atoms with Crippen molar-refractivity contribution >= 4 is 6.08 Å².